The van der Waals surface area contributed by atoms with Gasteiger partial charge in [0.05, 0.1) is 29.6 Å². The van der Waals surface area contributed by atoms with E-state index in [1.807, 2.05) is 35.0 Å². The van der Waals surface area contributed by atoms with Gasteiger partial charge in [-0.3, -0.25) is 0 Å². The highest BCUT2D eigenvalue weighted by Crippen LogP contribution is 2.27. The van der Waals surface area contributed by atoms with Crippen LogP contribution in [0.5, 0.6) is 0 Å². The molecule has 0 amide bonds. The summed E-state index contributed by atoms with van der Waals surface area (Å²) in [5.41, 5.74) is 2.79. The molecule has 0 radical (unpaired) electrons. The molecule has 0 saturated carbocycles. The number of nitrogens with one attached hydrogen (secondary N) is 1. The van der Waals surface area contributed by atoms with Crippen molar-refractivity contribution in [2.45, 2.75) is 39.2 Å². The van der Waals surface area contributed by atoms with Gasteiger partial charge in [-0.1, -0.05) is 44.2 Å². The van der Waals surface area contributed by atoms with Crippen molar-refractivity contribution < 1.29 is 0 Å². The zero-order chi connectivity index (χ0) is 16.6. The Morgan fingerprint density at radius 3 is 2.78 bits per heavy atom. The zero-order valence-corrected chi connectivity index (χ0v) is 14.5. The first-order chi connectivity index (χ1) is 10.9. The summed E-state index contributed by atoms with van der Waals surface area (Å²) in [6, 6.07) is 9.85. The first-order valence-corrected chi connectivity index (χ1v) is 8.32. The summed E-state index contributed by atoms with van der Waals surface area (Å²) in [5, 5.41) is 17.8. The first-order valence-electron chi connectivity index (χ1n) is 7.50. The van der Waals surface area contributed by atoms with Gasteiger partial charge >= 0.3 is 0 Å². The number of aromatic nitrogens is 3. The van der Waals surface area contributed by atoms with E-state index in [0.717, 1.165) is 21.3 Å². The van der Waals surface area contributed by atoms with Gasteiger partial charge in [-0.25, -0.2) is 9.50 Å². The average Bonchev–Trinajstić information content (AvgIpc) is 3.05. The number of hydrogen-bond donors (Lipinski definition) is 1. The third kappa shape index (κ3) is 3.20. The maximum atomic E-state index is 9.00. The SMILES string of the molecule is CC(Nc1nn2cc(C(C)(C)C)nc2s1)c1cccc(C#N)c1. The van der Waals surface area contributed by atoms with Crippen LogP contribution in [0.25, 0.3) is 4.96 Å². The van der Waals surface area contributed by atoms with Crippen LogP contribution in [0.3, 0.4) is 0 Å². The van der Waals surface area contributed by atoms with Gasteiger partial charge in [-0.05, 0) is 24.6 Å². The van der Waals surface area contributed by atoms with Crippen LogP contribution in [0, 0.1) is 11.3 Å². The number of hydrogen-bond acceptors (Lipinski definition) is 5. The predicted molar refractivity (Wildman–Crippen MR) is 92.8 cm³/mol. The summed E-state index contributed by atoms with van der Waals surface area (Å²) in [6.07, 6.45) is 1.98. The molecule has 3 rings (SSSR count). The first kappa shape index (κ1) is 15.5. The largest absolute Gasteiger partial charge is 0.354 e. The molecule has 23 heavy (non-hydrogen) atoms. The summed E-state index contributed by atoms with van der Waals surface area (Å²) in [7, 11) is 0. The second-order valence-corrected chi connectivity index (χ2v) is 7.57. The Morgan fingerprint density at radius 2 is 2.13 bits per heavy atom. The number of rotatable bonds is 3. The Labute approximate surface area is 139 Å². The van der Waals surface area contributed by atoms with Gasteiger partial charge in [-0.2, -0.15) is 5.26 Å². The maximum absolute atomic E-state index is 9.00. The van der Waals surface area contributed by atoms with E-state index < -0.39 is 0 Å². The minimum absolute atomic E-state index is 0.0199. The van der Waals surface area contributed by atoms with Crippen molar-refractivity contribution >= 4 is 21.4 Å². The summed E-state index contributed by atoms with van der Waals surface area (Å²) < 4.78 is 1.83. The lowest BCUT2D eigenvalue weighted by molar-refractivity contribution is 0.572. The van der Waals surface area contributed by atoms with E-state index >= 15 is 0 Å². The molecule has 3 aromatic rings. The lowest BCUT2D eigenvalue weighted by atomic mass is 9.93. The molecule has 1 atom stereocenters. The smallest absolute Gasteiger partial charge is 0.214 e. The Hall–Kier alpha value is -2.39. The molecular formula is C17H19N5S. The molecule has 1 aromatic carbocycles. The highest BCUT2D eigenvalue weighted by Gasteiger charge is 2.19. The number of benzene rings is 1. The molecule has 0 aliphatic carbocycles. The van der Waals surface area contributed by atoms with Crippen LogP contribution in [0.1, 0.15) is 50.6 Å². The molecule has 2 aromatic heterocycles. The molecule has 0 bridgehead atoms. The fourth-order valence-corrected chi connectivity index (χ4v) is 3.13. The second-order valence-electron chi connectivity index (χ2n) is 6.61. The lowest BCUT2D eigenvalue weighted by Gasteiger charge is -2.14. The summed E-state index contributed by atoms with van der Waals surface area (Å²) >= 11 is 1.53. The van der Waals surface area contributed by atoms with E-state index in [0.29, 0.717) is 5.56 Å². The molecule has 1 N–H and O–H groups in total. The van der Waals surface area contributed by atoms with Crippen molar-refractivity contribution in [3.8, 4) is 6.07 Å². The predicted octanol–water partition coefficient (Wildman–Crippen LogP) is 4.13. The van der Waals surface area contributed by atoms with Crippen molar-refractivity contribution in [3.05, 3.63) is 47.3 Å². The van der Waals surface area contributed by atoms with Gasteiger partial charge in [0.1, 0.15) is 0 Å². The second kappa shape index (κ2) is 5.67. The van der Waals surface area contributed by atoms with E-state index in [1.165, 1.54) is 11.3 Å². The van der Waals surface area contributed by atoms with Crippen molar-refractivity contribution in [3.63, 3.8) is 0 Å². The van der Waals surface area contributed by atoms with Crippen LogP contribution in [-0.2, 0) is 5.41 Å². The van der Waals surface area contributed by atoms with Gasteiger partial charge in [0.25, 0.3) is 0 Å². The maximum Gasteiger partial charge on any atom is 0.214 e. The fourth-order valence-electron chi connectivity index (χ4n) is 2.27. The molecular weight excluding hydrogens is 306 g/mol. The molecule has 118 valence electrons. The van der Waals surface area contributed by atoms with E-state index in [-0.39, 0.29) is 11.5 Å². The van der Waals surface area contributed by atoms with Gasteiger partial charge in [0.2, 0.25) is 10.1 Å². The third-order valence-corrected chi connectivity index (χ3v) is 4.52. The Morgan fingerprint density at radius 1 is 1.35 bits per heavy atom. The molecule has 5 nitrogen and oxygen atoms in total. The normalized spacial score (nSPS) is 13.0. The van der Waals surface area contributed by atoms with Gasteiger partial charge in [-0.15, -0.1) is 5.10 Å². The standard InChI is InChI=1S/C17H19N5S/c1-11(13-7-5-6-12(8-13)9-18)19-15-21-22-10-14(17(2,3)4)20-16(22)23-15/h5-8,10-11H,1-4H3,(H,19,21). The van der Waals surface area contributed by atoms with E-state index in [4.69, 9.17) is 5.26 Å². The summed E-state index contributed by atoms with van der Waals surface area (Å²) in [6.45, 7) is 8.48. The summed E-state index contributed by atoms with van der Waals surface area (Å²) in [4.78, 5) is 5.53. The quantitative estimate of drug-likeness (QED) is 0.786. The van der Waals surface area contributed by atoms with Crippen LogP contribution in [0.2, 0.25) is 0 Å². The number of nitriles is 1. The van der Waals surface area contributed by atoms with Crippen molar-refractivity contribution in [2.24, 2.45) is 0 Å². The highest BCUT2D eigenvalue weighted by atomic mass is 32.1. The lowest BCUT2D eigenvalue weighted by Crippen LogP contribution is -2.11. The molecule has 2 heterocycles. The van der Waals surface area contributed by atoms with E-state index in [1.54, 1.807) is 0 Å². The van der Waals surface area contributed by atoms with Crippen LogP contribution in [-0.4, -0.2) is 14.6 Å². The van der Waals surface area contributed by atoms with Crippen LogP contribution in [0.15, 0.2) is 30.5 Å². The molecule has 0 aliphatic rings. The Kier molecular flexibility index (Phi) is 3.82. The molecule has 0 aliphatic heterocycles. The van der Waals surface area contributed by atoms with Gasteiger partial charge in [0.15, 0.2) is 0 Å². The van der Waals surface area contributed by atoms with Gasteiger partial charge < -0.3 is 5.32 Å². The molecule has 6 heteroatoms. The van der Waals surface area contributed by atoms with Crippen molar-refractivity contribution in [1.82, 2.24) is 14.6 Å². The van der Waals surface area contributed by atoms with Crippen LogP contribution >= 0.6 is 11.3 Å². The monoisotopic (exact) mass is 325 g/mol. The fraction of sp³-hybridized carbons (Fsp3) is 0.353. The van der Waals surface area contributed by atoms with E-state index in [9.17, 15) is 0 Å². The number of nitrogens with zero attached hydrogens (tertiary/aromatic N) is 4. The minimum Gasteiger partial charge on any atom is -0.354 e. The number of anilines is 1. The minimum atomic E-state index is 0.0199. The molecule has 0 saturated heterocycles. The topological polar surface area (TPSA) is 66.0 Å². The van der Waals surface area contributed by atoms with Gasteiger partial charge in [0, 0.05) is 5.41 Å². The number of imidazole rings is 1. The van der Waals surface area contributed by atoms with Crippen molar-refractivity contribution in [2.75, 3.05) is 5.32 Å². The van der Waals surface area contributed by atoms with E-state index in [2.05, 4.69) is 49.2 Å². The highest BCUT2D eigenvalue weighted by molar-refractivity contribution is 7.20. The Balaban J connectivity index is 1.81. The van der Waals surface area contributed by atoms with Crippen LogP contribution in [0.4, 0.5) is 5.13 Å². The third-order valence-electron chi connectivity index (χ3n) is 3.67. The average molecular weight is 325 g/mol. The molecule has 1 unspecified atom stereocenters. The Bertz CT molecular complexity index is 847. The van der Waals surface area contributed by atoms with Crippen molar-refractivity contribution in [1.29, 1.82) is 5.26 Å². The molecule has 0 fully saturated rings. The summed E-state index contributed by atoms with van der Waals surface area (Å²) in [5.74, 6) is 0. The van der Waals surface area contributed by atoms with Crippen LogP contribution < -0.4 is 5.32 Å². The zero-order valence-electron chi connectivity index (χ0n) is 13.7. The molecule has 0 spiro atoms. The number of fused-ring (bicyclic) bond motifs is 1.